The Balaban J connectivity index is 1.71. The van der Waals surface area contributed by atoms with Gasteiger partial charge in [-0.3, -0.25) is 0 Å². The van der Waals surface area contributed by atoms with E-state index in [1.807, 2.05) is 0 Å². The number of aromatic nitrogens is 1. The second-order valence-corrected chi connectivity index (χ2v) is 7.04. The molecule has 1 aromatic heterocycles. The fourth-order valence-electron chi connectivity index (χ4n) is 3.46. The quantitative estimate of drug-likeness (QED) is 0.389. The van der Waals surface area contributed by atoms with Crippen LogP contribution in [0.5, 0.6) is 0 Å². The number of nitrogens with one attached hydrogen (secondary N) is 2. The van der Waals surface area contributed by atoms with Crippen molar-refractivity contribution in [3.8, 4) is 0 Å². The largest absolute Gasteiger partial charge is 0.391 e. The molecule has 0 spiro atoms. The summed E-state index contributed by atoms with van der Waals surface area (Å²) < 4.78 is 53.0. The van der Waals surface area contributed by atoms with Crippen LogP contribution in [0.25, 0.3) is 0 Å². The van der Waals surface area contributed by atoms with Gasteiger partial charge in [0.2, 0.25) is 0 Å². The van der Waals surface area contributed by atoms with Crippen molar-refractivity contribution in [3.05, 3.63) is 41.2 Å². The summed E-state index contributed by atoms with van der Waals surface area (Å²) >= 11 is 0. The van der Waals surface area contributed by atoms with Crippen molar-refractivity contribution >= 4 is 28.6 Å². The molecule has 7 nitrogen and oxygen atoms in total. The molecule has 1 aliphatic heterocycles. The second kappa shape index (κ2) is 8.72. The number of hydrogen-bond donors (Lipinski definition) is 2. The Labute approximate surface area is 171 Å². The fraction of sp³-hybridized carbons (Fsp3) is 0.421. The van der Waals surface area contributed by atoms with Crippen LogP contribution in [0.1, 0.15) is 12.8 Å². The van der Waals surface area contributed by atoms with Gasteiger partial charge in [-0.1, -0.05) is 0 Å². The molecule has 2 N–H and O–H groups in total. The molecule has 1 fully saturated rings. The van der Waals surface area contributed by atoms with Crippen LogP contribution in [-0.2, 0) is 0 Å². The van der Waals surface area contributed by atoms with Gasteiger partial charge in [0.05, 0.1) is 34.5 Å². The standard InChI is InChI=1S/C19H22F4N6O/c1-24-16-10-13(3-4-17(16)28(2)27-30)26-14-9-15(20)18(25-11-14)29-7-5-12(6-8-29)19(21,22)23/h3-4,9-12,24,26H,5-8H2,1-2H3. The average molecular weight is 426 g/mol. The van der Waals surface area contributed by atoms with Crippen molar-refractivity contribution < 1.29 is 17.6 Å². The van der Waals surface area contributed by atoms with Crippen molar-refractivity contribution in [2.75, 3.05) is 47.7 Å². The lowest BCUT2D eigenvalue weighted by atomic mass is 9.96. The van der Waals surface area contributed by atoms with Crippen molar-refractivity contribution in [2.24, 2.45) is 11.2 Å². The van der Waals surface area contributed by atoms with Gasteiger partial charge in [0.15, 0.2) is 11.6 Å². The minimum absolute atomic E-state index is 0.0473. The van der Waals surface area contributed by atoms with Gasteiger partial charge >= 0.3 is 6.18 Å². The number of nitroso groups, excluding NO2 is 1. The zero-order valence-electron chi connectivity index (χ0n) is 16.5. The molecule has 0 unspecified atom stereocenters. The molecule has 1 aliphatic rings. The van der Waals surface area contributed by atoms with Crippen LogP contribution in [0.2, 0.25) is 0 Å². The maximum absolute atomic E-state index is 14.6. The smallest absolute Gasteiger partial charge is 0.386 e. The summed E-state index contributed by atoms with van der Waals surface area (Å²) in [6.45, 7) is 0.207. The highest BCUT2D eigenvalue weighted by molar-refractivity contribution is 5.76. The summed E-state index contributed by atoms with van der Waals surface area (Å²) in [5, 5.41) is 10.0. The highest BCUT2D eigenvalue weighted by Crippen LogP contribution is 2.36. The van der Waals surface area contributed by atoms with Crippen LogP contribution >= 0.6 is 0 Å². The van der Waals surface area contributed by atoms with Crippen molar-refractivity contribution in [3.63, 3.8) is 0 Å². The molecule has 0 amide bonds. The maximum atomic E-state index is 14.6. The van der Waals surface area contributed by atoms with Gasteiger partial charge in [0.25, 0.3) is 0 Å². The topological polar surface area (TPSA) is 72.9 Å². The first-order valence-corrected chi connectivity index (χ1v) is 9.36. The number of alkyl halides is 3. The van der Waals surface area contributed by atoms with Crippen LogP contribution in [0.3, 0.4) is 0 Å². The molecular weight excluding hydrogens is 404 g/mol. The SMILES string of the molecule is CNc1cc(Nc2cnc(N3CCC(C(F)(F)F)CC3)c(F)c2)ccc1N(C)N=O. The van der Waals surface area contributed by atoms with E-state index in [2.05, 4.69) is 20.9 Å². The third kappa shape index (κ3) is 4.71. The van der Waals surface area contributed by atoms with E-state index in [0.717, 1.165) is 0 Å². The molecule has 162 valence electrons. The summed E-state index contributed by atoms with van der Waals surface area (Å²) in [7, 11) is 3.21. The predicted molar refractivity (Wildman–Crippen MR) is 109 cm³/mol. The van der Waals surface area contributed by atoms with E-state index >= 15 is 0 Å². The van der Waals surface area contributed by atoms with E-state index in [1.54, 1.807) is 25.2 Å². The molecule has 2 heterocycles. The number of halogens is 4. The molecule has 0 atom stereocenters. The van der Waals surface area contributed by atoms with E-state index in [4.69, 9.17) is 0 Å². The molecule has 30 heavy (non-hydrogen) atoms. The molecule has 3 rings (SSSR count). The number of nitrogens with zero attached hydrogens (tertiary/aromatic N) is 4. The Morgan fingerprint density at radius 3 is 2.47 bits per heavy atom. The first-order valence-electron chi connectivity index (χ1n) is 9.36. The molecule has 1 saturated heterocycles. The normalized spacial score (nSPS) is 15.1. The summed E-state index contributed by atoms with van der Waals surface area (Å²) in [5.41, 5.74) is 2.22. The fourth-order valence-corrected chi connectivity index (χ4v) is 3.46. The number of hydrogen-bond acceptors (Lipinski definition) is 6. The van der Waals surface area contributed by atoms with Crippen molar-refractivity contribution in [2.45, 2.75) is 19.0 Å². The molecule has 0 saturated carbocycles. The van der Waals surface area contributed by atoms with Crippen LogP contribution in [0, 0.1) is 16.6 Å². The molecule has 1 aromatic carbocycles. The van der Waals surface area contributed by atoms with E-state index in [-0.39, 0.29) is 31.7 Å². The van der Waals surface area contributed by atoms with Gasteiger partial charge in [-0.2, -0.15) is 13.2 Å². The molecule has 11 heteroatoms. The minimum Gasteiger partial charge on any atom is -0.386 e. The van der Waals surface area contributed by atoms with Crippen LogP contribution in [0.4, 0.5) is 46.1 Å². The Bertz CT molecular complexity index is 899. The first kappa shape index (κ1) is 21.6. The molecule has 2 aromatic rings. The Hall–Kier alpha value is -3.11. The summed E-state index contributed by atoms with van der Waals surface area (Å²) in [4.78, 5) is 16.4. The lowest BCUT2D eigenvalue weighted by Crippen LogP contribution is -2.39. The van der Waals surface area contributed by atoms with Crippen LogP contribution in [0.15, 0.2) is 35.7 Å². The number of pyridine rings is 1. The summed E-state index contributed by atoms with van der Waals surface area (Å²) in [6.07, 6.45) is -2.94. The van der Waals surface area contributed by atoms with Crippen molar-refractivity contribution in [1.29, 1.82) is 0 Å². The van der Waals surface area contributed by atoms with E-state index in [9.17, 15) is 22.5 Å². The van der Waals surface area contributed by atoms with Crippen LogP contribution in [-0.4, -0.2) is 38.3 Å². The third-order valence-electron chi connectivity index (χ3n) is 5.10. The highest BCUT2D eigenvalue weighted by atomic mass is 19.4. The van der Waals surface area contributed by atoms with Crippen molar-refractivity contribution in [1.82, 2.24) is 4.98 Å². The zero-order valence-corrected chi connectivity index (χ0v) is 16.5. The summed E-state index contributed by atoms with van der Waals surface area (Å²) in [6, 6.07) is 6.36. The van der Waals surface area contributed by atoms with E-state index < -0.39 is 17.9 Å². The van der Waals surface area contributed by atoms with Gasteiger partial charge in [-0.15, -0.1) is 4.91 Å². The van der Waals surface area contributed by atoms with Crippen LogP contribution < -0.4 is 20.5 Å². The van der Waals surface area contributed by atoms with Gasteiger partial charge < -0.3 is 15.5 Å². The monoisotopic (exact) mass is 426 g/mol. The third-order valence-corrected chi connectivity index (χ3v) is 5.10. The Morgan fingerprint density at radius 2 is 1.90 bits per heavy atom. The zero-order chi connectivity index (χ0) is 21.9. The number of piperidine rings is 1. The average Bonchev–Trinajstić information content (AvgIpc) is 2.72. The lowest BCUT2D eigenvalue weighted by Gasteiger charge is -2.33. The number of anilines is 5. The number of benzene rings is 1. The molecule has 0 aliphatic carbocycles. The van der Waals surface area contributed by atoms with Gasteiger partial charge in [0.1, 0.15) is 0 Å². The Morgan fingerprint density at radius 1 is 1.20 bits per heavy atom. The first-order chi connectivity index (χ1) is 14.2. The molecule has 0 bridgehead atoms. The van der Waals surface area contributed by atoms with Gasteiger partial charge in [0, 0.05) is 38.9 Å². The van der Waals surface area contributed by atoms with Gasteiger partial charge in [-0.05, 0) is 31.0 Å². The molecular formula is C19H22F4N6O. The lowest BCUT2D eigenvalue weighted by molar-refractivity contribution is -0.179. The van der Waals surface area contributed by atoms with E-state index in [0.29, 0.717) is 22.7 Å². The summed E-state index contributed by atoms with van der Waals surface area (Å²) in [5.74, 6) is -1.91. The molecule has 0 radical (unpaired) electrons. The maximum Gasteiger partial charge on any atom is 0.391 e. The Kier molecular flexibility index (Phi) is 6.28. The second-order valence-electron chi connectivity index (χ2n) is 7.04. The van der Waals surface area contributed by atoms with Gasteiger partial charge in [-0.25, -0.2) is 14.4 Å². The van der Waals surface area contributed by atoms with E-state index in [1.165, 1.54) is 29.2 Å². The number of rotatable bonds is 6. The predicted octanol–water partition coefficient (Wildman–Crippen LogP) is 4.90. The highest BCUT2D eigenvalue weighted by Gasteiger charge is 2.41. The minimum atomic E-state index is -4.22.